The highest BCUT2D eigenvalue weighted by Crippen LogP contribution is 2.21. The molecular weight excluding hydrogens is 294 g/mol. The van der Waals surface area contributed by atoms with Gasteiger partial charge in [0.1, 0.15) is 0 Å². The number of nitro benzene ring substituents is 1. The molecule has 2 rings (SSSR count). The lowest BCUT2D eigenvalue weighted by Crippen LogP contribution is -2.36. The van der Waals surface area contributed by atoms with Crippen LogP contribution in [-0.2, 0) is 6.54 Å². The molecule has 1 amide bonds. The average Bonchev–Trinajstić information content (AvgIpc) is 2.53. The predicted molar refractivity (Wildman–Crippen MR) is 87.1 cm³/mol. The van der Waals surface area contributed by atoms with Gasteiger partial charge in [-0.1, -0.05) is 12.1 Å². The van der Waals surface area contributed by atoms with Gasteiger partial charge < -0.3 is 4.90 Å². The van der Waals surface area contributed by atoms with Crippen LogP contribution in [0.4, 0.5) is 5.69 Å². The normalized spacial score (nSPS) is 10.6. The van der Waals surface area contributed by atoms with E-state index in [-0.39, 0.29) is 17.6 Å². The molecule has 0 saturated heterocycles. The van der Waals surface area contributed by atoms with Crippen LogP contribution in [0.25, 0.3) is 0 Å². The van der Waals surface area contributed by atoms with E-state index in [1.165, 1.54) is 12.1 Å². The second-order valence-corrected chi connectivity index (χ2v) is 5.64. The minimum atomic E-state index is -0.489. The number of amides is 1. The van der Waals surface area contributed by atoms with Gasteiger partial charge >= 0.3 is 0 Å². The highest BCUT2D eigenvalue weighted by Gasteiger charge is 2.22. The van der Waals surface area contributed by atoms with Crippen molar-refractivity contribution in [3.63, 3.8) is 0 Å². The molecule has 0 aliphatic rings. The summed E-state index contributed by atoms with van der Waals surface area (Å²) in [5.74, 6) is -0.218. The first-order chi connectivity index (χ1) is 10.9. The van der Waals surface area contributed by atoms with E-state index < -0.39 is 4.92 Å². The molecular formula is C17H19N3O3. The minimum Gasteiger partial charge on any atom is -0.332 e. The minimum absolute atomic E-state index is 0.0404. The number of non-ortho nitro benzene ring substituents is 1. The maximum Gasteiger partial charge on any atom is 0.270 e. The number of carbonyl (C=O) groups is 1. The smallest absolute Gasteiger partial charge is 0.270 e. The number of hydrogen-bond donors (Lipinski definition) is 0. The molecule has 0 spiro atoms. The zero-order chi connectivity index (χ0) is 17.0. The Morgan fingerprint density at radius 1 is 1.35 bits per heavy atom. The lowest BCUT2D eigenvalue weighted by atomic mass is 10.1. The van der Waals surface area contributed by atoms with Crippen molar-refractivity contribution in [3.05, 3.63) is 69.5 Å². The third kappa shape index (κ3) is 3.91. The fourth-order valence-corrected chi connectivity index (χ4v) is 2.29. The lowest BCUT2D eigenvalue weighted by molar-refractivity contribution is -0.384. The third-order valence-corrected chi connectivity index (χ3v) is 3.62. The Labute approximate surface area is 134 Å². The van der Waals surface area contributed by atoms with Gasteiger partial charge in [-0.2, -0.15) is 0 Å². The molecule has 6 nitrogen and oxygen atoms in total. The first-order valence-electron chi connectivity index (χ1n) is 7.35. The summed E-state index contributed by atoms with van der Waals surface area (Å²) in [6.07, 6.45) is 3.39. The van der Waals surface area contributed by atoms with Crippen molar-refractivity contribution in [1.82, 2.24) is 9.88 Å². The van der Waals surface area contributed by atoms with Crippen LogP contribution < -0.4 is 0 Å². The van der Waals surface area contributed by atoms with Crippen LogP contribution in [0.1, 0.15) is 35.3 Å². The standard InChI is InChI=1S/C17H19N3O3/c1-12(2)19(11-14-5-4-8-18-10-14)17(21)16-9-15(20(22)23)7-6-13(16)3/h4-10,12H,11H2,1-3H3. The molecule has 0 unspecified atom stereocenters. The van der Waals surface area contributed by atoms with Crippen molar-refractivity contribution in [2.75, 3.05) is 0 Å². The fourth-order valence-electron chi connectivity index (χ4n) is 2.29. The van der Waals surface area contributed by atoms with Gasteiger partial charge in [0.15, 0.2) is 0 Å². The van der Waals surface area contributed by atoms with E-state index in [4.69, 9.17) is 0 Å². The van der Waals surface area contributed by atoms with Gasteiger partial charge in [0.05, 0.1) is 4.92 Å². The molecule has 120 valence electrons. The van der Waals surface area contributed by atoms with Crippen LogP contribution in [0.5, 0.6) is 0 Å². The number of rotatable bonds is 5. The summed E-state index contributed by atoms with van der Waals surface area (Å²) in [5.41, 5.74) is 1.91. The number of aromatic nitrogens is 1. The molecule has 1 aromatic carbocycles. The highest BCUT2D eigenvalue weighted by molar-refractivity contribution is 5.96. The Morgan fingerprint density at radius 3 is 2.65 bits per heavy atom. The van der Waals surface area contributed by atoms with Crippen LogP contribution >= 0.6 is 0 Å². The molecule has 1 heterocycles. The number of nitrogens with zero attached hydrogens (tertiary/aromatic N) is 3. The Kier molecular flexibility index (Phi) is 5.05. The van der Waals surface area contributed by atoms with Crippen LogP contribution in [0.15, 0.2) is 42.7 Å². The fraction of sp³-hybridized carbons (Fsp3) is 0.294. The van der Waals surface area contributed by atoms with Gasteiger partial charge in [0.25, 0.3) is 11.6 Å². The zero-order valence-electron chi connectivity index (χ0n) is 13.4. The molecule has 23 heavy (non-hydrogen) atoms. The summed E-state index contributed by atoms with van der Waals surface area (Å²) >= 11 is 0. The molecule has 0 radical (unpaired) electrons. The van der Waals surface area contributed by atoms with Gasteiger partial charge in [-0.15, -0.1) is 0 Å². The quantitative estimate of drug-likeness (QED) is 0.626. The van der Waals surface area contributed by atoms with E-state index in [0.29, 0.717) is 12.1 Å². The van der Waals surface area contributed by atoms with Crippen molar-refractivity contribution >= 4 is 11.6 Å². The molecule has 0 aliphatic heterocycles. The van der Waals surface area contributed by atoms with Crippen LogP contribution in [0.3, 0.4) is 0 Å². The van der Waals surface area contributed by atoms with E-state index in [1.54, 1.807) is 30.3 Å². The molecule has 2 aromatic rings. The second kappa shape index (κ2) is 7.00. The van der Waals surface area contributed by atoms with Crippen molar-refractivity contribution in [2.45, 2.75) is 33.4 Å². The van der Waals surface area contributed by atoms with Gasteiger partial charge in [0.2, 0.25) is 0 Å². The maximum absolute atomic E-state index is 12.9. The van der Waals surface area contributed by atoms with Gasteiger partial charge in [0, 0.05) is 42.7 Å². The first kappa shape index (κ1) is 16.6. The number of aryl methyl sites for hydroxylation is 1. The first-order valence-corrected chi connectivity index (χ1v) is 7.35. The van der Waals surface area contributed by atoms with E-state index in [2.05, 4.69) is 4.98 Å². The van der Waals surface area contributed by atoms with E-state index in [1.807, 2.05) is 26.0 Å². The van der Waals surface area contributed by atoms with E-state index >= 15 is 0 Å². The molecule has 0 saturated carbocycles. The third-order valence-electron chi connectivity index (χ3n) is 3.62. The molecule has 6 heteroatoms. The summed E-state index contributed by atoms with van der Waals surface area (Å²) in [6.45, 7) is 6.02. The Bertz CT molecular complexity index is 714. The summed E-state index contributed by atoms with van der Waals surface area (Å²) in [6, 6.07) is 8.03. The average molecular weight is 313 g/mol. The number of pyridine rings is 1. The van der Waals surface area contributed by atoms with Crippen molar-refractivity contribution in [3.8, 4) is 0 Å². The van der Waals surface area contributed by atoms with Crippen LogP contribution in [-0.4, -0.2) is 26.8 Å². The van der Waals surface area contributed by atoms with Crippen molar-refractivity contribution < 1.29 is 9.72 Å². The Balaban J connectivity index is 2.35. The summed E-state index contributed by atoms with van der Waals surface area (Å²) in [5, 5.41) is 11.0. The lowest BCUT2D eigenvalue weighted by Gasteiger charge is -2.27. The van der Waals surface area contributed by atoms with Crippen molar-refractivity contribution in [1.29, 1.82) is 0 Å². The van der Waals surface area contributed by atoms with Gasteiger partial charge in [-0.05, 0) is 38.0 Å². The Morgan fingerprint density at radius 2 is 2.09 bits per heavy atom. The molecule has 1 aromatic heterocycles. The summed E-state index contributed by atoms with van der Waals surface area (Å²) in [7, 11) is 0. The molecule has 0 atom stereocenters. The van der Waals surface area contributed by atoms with Gasteiger partial charge in [-0.25, -0.2) is 0 Å². The monoisotopic (exact) mass is 313 g/mol. The number of nitro groups is 1. The summed E-state index contributed by atoms with van der Waals surface area (Å²) in [4.78, 5) is 29.1. The molecule has 0 fully saturated rings. The zero-order valence-corrected chi connectivity index (χ0v) is 13.4. The van der Waals surface area contributed by atoms with Crippen LogP contribution in [0.2, 0.25) is 0 Å². The topological polar surface area (TPSA) is 76.3 Å². The van der Waals surface area contributed by atoms with E-state index in [0.717, 1.165) is 11.1 Å². The largest absolute Gasteiger partial charge is 0.332 e. The second-order valence-electron chi connectivity index (χ2n) is 5.64. The molecule has 0 N–H and O–H groups in total. The predicted octanol–water partition coefficient (Wildman–Crippen LogP) is 3.35. The molecule has 0 bridgehead atoms. The van der Waals surface area contributed by atoms with Gasteiger partial charge in [-0.3, -0.25) is 19.9 Å². The Hall–Kier alpha value is -2.76. The number of carbonyl (C=O) groups excluding carboxylic acids is 1. The number of benzene rings is 1. The maximum atomic E-state index is 12.9. The van der Waals surface area contributed by atoms with E-state index in [9.17, 15) is 14.9 Å². The summed E-state index contributed by atoms with van der Waals surface area (Å²) < 4.78 is 0. The molecule has 0 aliphatic carbocycles. The van der Waals surface area contributed by atoms with Crippen molar-refractivity contribution in [2.24, 2.45) is 0 Å². The van der Waals surface area contributed by atoms with Crippen LogP contribution in [0, 0.1) is 17.0 Å². The highest BCUT2D eigenvalue weighted by atomic mass is 16.6. The number of hydrogen-bond acceptors (Lipinski definition) is 4. The SMILES string of the molecule is Cc1ccc([N+](=O)[O-])cc1C(=O)N(Cc1cccnc1)C(C)C.